The molecule has 0 aromatic carbocycles. The number of carbonyl (C=O) groups is 1. The van der Waals surface area contributed by atoms with Crippen LogP contribution in [0.25, 0.3) is 0 Å². The number of ether oxygens (including phenoxy) is 2. The lowest BCUT2D eigenvalue weighted by atomic mass is 10.1. The highest BCUT2D eigenvalue weighted by Crippen LogP contribution is 2.29. The minimum atomic E-state index is -0.583. The predicted octanol–water partition coefficient (Wildman–Crippen LogP) is 3.63. The highest BCUT2D eigenvalue weighted by Gasteiger charge is 2.36. The minimum absolute atomic E-state index is 0.282. The van der Waals surface area contributed by atoms with Crippen LogP contribution >= 0.6 is 0 Å². The molecule has 0 aromatic rings. The summed E-state index contributed by atoms with van der Waals surface area (Å²) in [5.41, 5.74) is 0. The van der Waals surface area contributed by atoms with E-state index in [4.69, 9.17) is 9.47 Å². The van der Waals surface area contributed by atoms with Gasteiger partial charge >= 0.3 is 5.97 Å². The van der Waals surface area contributed by atoms with Crippen molar-refractivity contribution in [3.05, 3.63) is 12.7 Å². The van der Waals surface area contributed by atoms with E-state index >= 15 is 0 Å². The van der Waals surface area contributed by atoms with Gasteiger partial charge < -0.3 is 9.47 Å². The molecule has 0 aliphatic carbocycles. The van der Waals surface area contributed by atoms with E-state index in [1.165, 1.54) is 45.1 Å². The SMILES string of the molecule is C=C[C@@H](C#CC#CC[C@@H]1O[C@@H]1CCCCCCC)OC(C)=O. The average molecular weight is 302 g/mol. The zero-order valence-corrected chi connectivity index (χ0v) is 13.7. The number of rotatable bonds is 9. The molecule has 3 heteroatoms. The molecular formula is C19H26O3. The Labute approximate surface area is 134 Å². The molecule has 1 heterocycles. The molecule has 1 saturated heterocycles. The Morgan fingerprint density at radius 2 is 2.05 bits per heavy atom. The first-order valence-electron chi connectivity index (χ1n) is 8.11. The van der Waals surface area contributed by atoms with Crippen LogP contribution in [0.3, 0.4) is 0 Å². The molecule has 1 aliphatic heterocycles. The van der Waals surface area contributed by atoms with E-state index in [0.717, 1.165) is 12.8 Å². The van der Waals surface area contributed by atoms with Crippen molar-refractivity contribution in [2.75, 3.05) is 0 Å². The van der Waals surface area contributed by atoms with Crippen molar-refractivity contribution in [3.8, 4) is 23.7 Å². The fraction of sp³-hybridized carbons (Fsp3) is 0.632. The molecule has 3 atom stereocenters. The third-order valence-electron chi connectivity index (χ3n) is 3.46. The lowest BCUT2D eigenvalue weighted by molar-refractivity contribution is -0.142. The highest BCUT2D eigenvalue weighted by atomic mass is 16.6. The van der Waals surface area contributed by atoms with Crippen molar-refractivity contribution in [2.45, 2.75) is 77.1 Å². The second kappa shape index (κ2) is 10.9. The van der Waals surface area contributed by atoms with E-state index in [1.54, 1.807) is 0 Å². The van der Waals surface area contributed by atoms with Crippen LogP contribution in [0.2, 0.25) is 0 Å². The second-order valence-electron chi connectivity index (χ2n) is 5.46. The van der Waals surface area contributed by atoms with Gasteiger partial charge in [-0.1, -0.05) is 51.5 Å². The summed E-state index contributed by atoms with van der Waals surface area (Å²) in [5, 5.41) is 0. The summed E-state index contributed by atoms with van der Waals surface area (Å²) in [4.78, 5) is 10.8. The Kier molecular flexibility index (Phi) is 9.12. The third-order valence-corrected chi connectivity index (χ3v) is 3.46. The van der Waals surface area contributed by atoms with E-state index in [2.05, 4.69) is 37.2 Å². The Balaban J connectivity index is 2.13. The summed E-state index contributed by atoms with van der Waals surface area (Å²) >= 11 is 0. The maximum Gasteiger partial charge on any atom is 0.304 e. The fourth-order valence-electron chi connectivity index (χ4n) is 2.18. The lowest BCUT2D eigenvalue weighted by Gasteiger charge is -2.03. The summed E-state index contributed by atoms with van der Waals surface area (Å²) in [6.07, 6.45) is 9.93. The number of epoxide rings is 1. The van der Waals surface area contributed by atoms with Crippen LogP contribution in [0.5, 0.6) is 0 Å². The van der Waals surface area contributed by atoms with Gasteiger partial charge in [0.05, 0.1) is 12.2 Å². The normalized spacial score (nSPS) is 19.9. The summed E-state index contributed by atoms with van der Waals surface area (Å²) in [5.74, 6) is 10.8. The third kappa shape index (κ3) is 8.55. The Hall–Kier alpha value is -1.71. The van der Waals surface area contributed by atoms with E-state index in [0.29, 0.717) is 6.10 Å². The molecule has 0 aromatic heterocycles. The molecule has 120 valence electrons. The van der Waals surface area contributed by atoms with Crippen LogP contribution in [-0.4, -0.2) is 24.3 Å². The van der Waals surface area contributed by atoms with Crippen molar-refractivity contribution in [1.82, 2.24) is 0 Å². The largest absolute Gasteiger partial charge is 0.445 e. The zero-order valence-electron chi connectivity index (χ0n) is 13.7. The van der Waals surface area contributed by atoms with Crippen LogP contribution in [0.4, 0.5) is 0 Å². The molecule has 1 aliphatic rings. The number of esters is 1. The van der Waals surface area contributed by atoms with E-state index < -0.39 is 6.10 Å². The van der Waals surface area contributed by atoms with Crippen molar-refractivity contribution in [2.24, 2.45) is 0 Å². The molecule has 0 saturated carbocycles. The van der Waals surface area contributed by atoms with Gasteiger partial charge in [-0.05, 0) is 30.3 Å². The Morgan fingerprint density at radius 3 is 2.73 bits per heavy atom. The first-order chi connectivity index (χ1) is 10.7. The van der Waals surface area contributed by atoms with Crippen LogP contribution in [0.1, 0.15) is 58.8 Å². The molecule has 0 radical (unpaired) electrons. The minimum Gasteiger partial charge on any atom is -0.445 e. The maximum absolute atomic E-state index is 10.8. The first-order valence-corrected chi connectivity index (χ1v) is 8.11. The van der Waals surface area contributed by atoms with Crippen LogP contribution < -0.4 is 0 Å². The number of hydrogen-bond acceptors (Lipinski definition) is 3. The quantitative estimate of drug-likeness (QED) is 0.215. The van der Waals surface area contributed by atoms with Crippen LogP contribution in [-0.2, 0) is 14.3 Å². The Morgan fingerprint density at radius 1 is 1.27 bits per heavy atom. The van der Waals surface area contributed by atoms with Gasteiger partial charge in [0.15, 0.2) is 6.10 Å². The van der Waals surface area contributed by atoms with Crippen LogP contribution in [0, 0.1) is 23.7 Å². The molecular weight excluding hydrogens is 276 g/mol. The summed E-state index contributed by atoms with van der Waals surface area (Å²) < 4.78 is 10.5. The first kappa shape index (κ1) is 18.3. The van der Waals surface area contributed by atoms with Gasteiger partial charge in [0.1, 0.15) is 0 Å². The van der Waals surface area contributed by atoms with Gasteiger partial charge in [-0.2, -0.15) is 0 Å². The van der Waals surface area contributed by atoms with Gasteiger partial charge in [0.2, 0.25) is 0 Å². The molecule has 0 N–H and O–H groups in total. The van der Waals surface area contributed by atoms with Gasteiger partial charge in [0.25, 0.3) is 0 Å². The van der Waals surface area contributed by atoms with E-state index in [1.807, 2.05) is 0 Å². The molecule has 1 rings (SSSR count). The highest BCUT2D eigenvalue weighted by molar-refractivity contribution is 5.66. The van der Waals surface area contributed by atoms with E-state index in [9.17, 15) is 4.79 Å². The summed E-state index contributed by atoms with van der Waals surface area (Å²) in [6, 6.07) is 0. The van der Waals surface area contributed by atoms with Crippen LogP contribution in [0.15, 0.2) is 12.7 Å². The van der Waals surface area contributed by atoms with Crippen molar-refractivity contribution < 1.29 is 14.3 Å². The van der Waals surface area contributed by atoms with Crippen molar-refractivity contribution in [3.63, 3.8) is 0 Å². The Bertz CT molecular complexity index is 472. The second-order valence-corrected chi connectivity index (χ2v) is 5.46. The molecule has 0 bridgehead atoms. The molecule has 0 unspecified atom stereocenters. The molecule has 22 heavy (non-hydrogen) atoms. The molecule has 3 nitrogen and oxygen atoms in total. The monoisotopic (exact) mass is 302 g/mol. The lowest BCUT2D eigenvalue weighted by Crippen LogP contribution is -2.10. The maximum atomic E-state index is 10.8. The fourth-order valence-corrected chi connectivity index (χ4v) is 2.18. The van der Waals surface area contributed by atoms with Gasteiger partial charge in [-0.25, -0.2) is 0 Å². The predicted molar refractivity (Wildman–Crippen MR) is 88.0 cm³/mol. The number of unbranched alkanes of at least 4 members (excludes halogenated alkanes) is 4. The number of hydrogen-bond donors (Lipinski definition) is 0. The summed E-state index contributed by atoms with van der Waals surface area (Å²) in [7, 11) is 0. The van der Waals surface area contributed by atoms with Crippen molar-refractivity contribution in [1.29, 1.82) is 0 Å². The topological polar surface area (TPSA) is 38.8 Å². The molecule has 1 fully saturated rings. The van der Waals surface area contributed by atoms with Crippen molar-refractivity contribution >= 4 is 5.97 Å². The van der Waals surface area contributed by atoms with Gasteiger partial charge in [-0.3, -0.25) is 4.79 Å². The number of carbonyl (C=O) groups excluding carboxylic acids is 1. The average Bonchev–Trinajstić information content (AvgIpc) is 3.23. The summed E-state index contributed by atoms with van der Waals surface area (Å²) in [6.45, 7) is 7.13. The molecule has 0 amide bonds. The smallest absolute Gasteiger partial charge is 0.304 e. The zero-order chi connectivity index (χ0) is 16.2. The van der Waals surface area contributed by atoms with Gasteiger partial charge in [-0.15, -0.1) is 0 Å². The standard InChI is InChI=1S/C19H26O3/c1-4-6-7-8-11-14-18-19(22-18)15-12-9-10-13-17(5-2)21-16(3)20/h5,17-19H,2,4,6-8,11,14-15H2,1,3H3/t17-,18+,19-/m0/s1. The molecule has 0 spiro atoms. The van der Waals surface area contributed by atoms with E-state index in [-0.39, 0.29) is 12.1 Å². The van der Waals surface area contributed by atoms with Gasteiger partial charge in [0, 0.05) is 13.3 Å².